The number of aryl methyl sites for hydroxylation is 1. The molecule has 0 spiro atoms. The number of aromatic amines is 1. The van der Waals surface area contributed by atoms with E-state index < -0.39 is 0 Å². The van der Waals surface area contributed by atoms with E-state index in [-0.39, 0.29) is 24.1 Å². The zero-order chi connectivity index (χ0) is 13.1. The highest BCUT2D eigenvalue weighted by atomic mass is 19.1. The molecule has 5 nitrogen and oxygen atoms in total. The molecule has 0 unspecified atom stereocenters. The van der Waals surface area contributed by atoms with Gasteiger partial charge in [-0.05, 0) is 13.0 Å². The van der Waals surface area contributed by atoms with Crippen molar-refractivity contribution in [3.63, 3.8) is 0 Å². The molecule has 6 heteroatoms. The Morgan fingerprint density at radius 3 is 2.78 bits per heavy atom. The van der Waals surface area contributed by atoms with Gasteiger partial charge in [0.05, 0.1) is 0 Å². The largest absolute Gasteiger partial charge is 0.334 e. The van der Waals surface area contributed by atoms with Gasteiger partial charge in [-0.2, -0.15) is 0 Å². The van der Waals surface area contributed by atoms with Crippen LogP contribution >= 0.6 is 0 Å². The minimum atomic E-state index is -0.345. The first kappa shape index (κ1) is 12.2. The zero-order valence-corrected chi connectivity index (χ0v) is 10.1. The lowest BCUT2D eigenvalue weighted by molar-refractivity contribution is 0.0772. The van der Waals surface area contributed by atoms with Crippen LogP contribution in [-0.2, 0) is 6.54 Å². The molecule has 1 amide bonds. The topological polar surface area (TPSA) is 61.9 Å². The van der Waals surface area contributed by atoms with Crippen molar-refractivity contribution < 1.29 is 9.18 Å². The molecule has 1 N–H and O–H groups in total. The summed E-state index contributed by atoms with van der Waals surface area (Å²) in [5, 5.41) is 6.38. The van der Waals surface area contributed by atoms with Crippen LogP contribution < -0.4 is 0 Å². The van der Waals surface area contributed by atoms with Gasteiger partial charge in [0.2, 0.25) is 5.82 Å². The molecule has 1 aromatic carbocycles. The molecule has 0 atom stereocenters. The lowest BCUT2D eigenvalue weighted by atomic mass is 10.2. The standard InChI is InChI=1S/C12H13FN4O/c1-8-14-11(16-15-8)12(18)17(2)7-9-5-3-4-6-10(9)13/h3-6H,7H2,1-2H3,(H,14,15,16). The van der Waals surface area contributed by atoms with E-state index in [1.165, 1.54) is 11.0 Å². The summed E-state index contributed by atoms with van der Waals surface area (Å²) in [5.74, 6) is -0.0186. The van der Waals surface area contributed by atoms with Crippen LogP contribution in [0.3, 0.4) is 0 Å². The van der Waals surface area contributed by atoms with E-state index in [9.17, 15) is 9.18 Å². The molecule has 18 heavy (non-hydrogen) atoms. The van der Waals surface area contributed by atoms with E-state index in [0.29, 0.717) is 11.4 Å². The molecule has 1 aromatic heterocycles. The van der Waals surface area contributed by atoms with Crippen LogP contribution in [0.25, 0.3) is 0 Å². The smallest absolute Gasteiger partial charge is 0.293 e. The molecule has 94 valence electrons. The van der Waals surface area contributed by atoms with E-state index in [4.69, 9.17) is 0 Å². The summed E-state index contributed by atoms with van der Waals surface area (Å²) in [6.45, 7) is 1.89. The van der Waals surface area contributed by atoms with Crippen LogP contribution in [-0.4, -0.2) is 33.0 Å². The maximum atomic E-state index is 13.4. The second-order valence-electron chi connectivity index (χ2n) is 4.00. The van der Waals surface area contributed by atoms with Gasteiger partial charge in [-0.25, -0.2) is 9.37 Å². The predicted octanol–water partition coefficient (Wildman–Crippen LogP) is 1.52. The molecule has 1 heterocycles. The summed E-state index contributed by atoms with van der Waals surface area (Å²) in [5.41, 5.74) is 0.459. The number of benzene rings is 1. The second kappa shape index (κ2) is 4.95. The van der Waals surface area contributed by atoms with Crippen LogP contribution in [0, 0.1) is 12.7 Å². The second-order valence-corrected chi connectivity index (χ2v) is 4.00. The van der Waals surface area contributed by atoms with Crippen molar-refractivity contribution in [2.45, 2.75) is 13.5 Å². The highest BCUT2D eigenvalue weighted by Gasteiger charge is 2.17. The Hall–Kier alpha value is -2.24. The number of H-pyrrole nitrogens is 1. The molecule has 0 saturated heterocycles. The fourth-order valence-corrected chi connectivity index (χ4v) is 1.56. The zero-order valence-electron chi connectivity index (χ0n) is 10.1. The fraction of sp³-hybridized carbons (Fsp3) is 0.250. The Morgan fingerprint density at radius 1 is 1.44 bits per heavy atom. The van der Waals surface area contributed by atoms with Crippen molar-refractivity contribution in [1.82, 2.24) is 20.1 Å². The Kier molecular flexibility index (Phi) is 3.36. The Balaban J connectivity index is 2.11. The van der Waals surface area contributed by atoms with Crippen molar-refractivity contribution >= 4 is 5.91 Å². The minimum absolute atomic E-state index is 0.0892. The van der Waals surface area contributed by atoms with Crippen molar-refractivity contribution in [2.24, 2.45) is 0 Å². The van der Waals surface area contributed by atoms with Crippen LogP contribution in [0.5, 0.6) is 0 Å². The number of amides is 1. The molecular weight excluding hydrogens is 235 g/mol. The average Bonchev–Trinajstić information content (AvgIpc) is 2.78. The third kappa shape index (κ3) is 2.53. The number of hydrogen-bond acceptors (Lipinski definition) is 3. The molecule has 2 aromatic rings. The number of hydrogen-bond donors (Lipinski definition) is 1. The summed E-state index contributed by atoms with van der Waals surface area (Å²) in [6, 6.07) is 6.35. The van der Waals surface area contributed by atoms with Crippen molar-refractivity contribution in [2.75, 3.05) is 7.05 Å². The number of rotatable bonds is 3. The Bertz CT molecular complexity index is 567. The van der Waals surface area contributed by atoms with Gasteiger partial charge in [0.1, 0.15) is 11.6 Å². The van der Waals surface area contributed by atoms with Crippen LogP contribution in [0.1, 0.15) is 22.0 Å². The molecule has 0 radical (unpaired) electrons. The van der Waals surface area contributed by atoms with E-state index in [1.54, 1.807) is 32.2 Å². The third-order valence-electron chi connectivity index (χ3n) is 2.50. The van der Waals surface area contributed by atoms with Gasteiger partial charge in [0.15, 0.2) is 0 Å². The normalized spacial score (nSPS) is 10.4. The molecule has 0 saturated carbocycles. The van der Waals surface area contributed by atoms with E-state index >= 15 is 0 Å². The van der Waals surface area contributed by atoms with Crippen LogP contribution in [0.15, 0.2) is 24.3 Å². The SMILES string of the molecule is Cc1nc(C(=O)N(C)Cc2ccccc2F)n[nH]1. The summed E-state index contributed by atoms with van der Waals surface area (Å²) in [7, 11) is 1.58. The molecular formula is C12H13FN4O. The summed E-state index contributed by atoms with van der Waals surface area (Å²) in [6.07, 6.45) is 0. The highest BCUT2D eigenvalue weighted by molar-refractivity contribution is 5.90. The monoisotopic (exact) mass is 248 g/mol. The number of halogens is 1. The first-order chi connectivity index (χ1) is 8.58. The molecule has 0 aliphatic heterocycles. The van der Waals surface area contributed by atoms with Crippen LogP contribution in [0.2, 0.25) is 0 Å². The Labute approximate surface area is 104 Å². The molecule has 0 bridgehead atoms. The average molecular weight is 248 g/mol. The number of carbonyl (C=O) groups is 1. The van der Waals surface area contributed by atoms with Gasteiger partial charge in [-0.1, -0.05) is 18.2 Å². The number of nitrogens with zero attached hydrogens (tertiary/aromatic N) is 3. The van der Waals surface area contributed by atoms with Crippen molar-refractivity contribution in [1.29, 1.82) is 0 Å². The number of nitrogens with one attached hydrogen (secondary N) is 1. The van der Waals surface area contributed by atoms with Gasteiger partial charge in [-0.3, -0.25) is 9.89 Å². The maximum absolute atomic E-state index is 13.4. The van der Waals surface area contributed by atoms with E-state index in [1.807, 2.05) is 0 Å². The summed E-state index contributed by atoms with van der Waals surface area (Å²) >= 11 is 0. The highest BCUT2D eigenvalue weighted by Crippen LogP contribution is 2.10. The first-order valence-electron chi connectivity index (χ1n) is 5.46. The van der Waals surface area contributed by atoms with Gasteiger partial charge in [-0.15, -0.1) is 5.10 Å². The summed E-state index contributed by atoms with van der Waals surface area (Å²) in [4.78, 5) is 17.3. The molecule has 0 aliphatic rings. The van der Waals surface area contributed by atoms with Crippen LogP contribution in [0.4, 0.5) is 4.39 Å². The fourth-order valence-electron chi connectivity index (χ4n) is 1.56. The van der Waals surface area contributed by atoms with Gasteiger partial charge < -0.3 is 4.90 Å². The first-order valence-corrected chi connectivity index (χ1v) is 5.46. The maximum Gasteiger partial charge on any atom is 0.293 e. The summed E-state index contributed by atoms with van der Waals surface area (Å²) < 4.78 is 13.4. The molecule has 0 fully saturated rings. The van der Waals surface area contributed by atoms with Crippen molar-refractivity contribution in [3.05, 3.63) is 47.3 Å². The van der Waals surface area contributed by atoms with Gasteiger partial charge >= 0.3 is 0 Å². The van der Waals surface area contributed by atoms with Crippen molar-refractivity contribution in [3.8, 4) is 0 Å². The van der Waals surface area contributed by atoms with Gasteiger partial charge in [0, 0.05) is 19.2 Å². The van der Waals surface area contributed by atoms with E-state index in [2.05, 4.69) is 15.2 Å². The Morgan fingerprint density at radius 2 is 2.17 bits per heavy atom. The lowest BCUT2D eigenvalue weighted by Gasteiger charge is -2.15. The number of carbonyl (C=O) groups excluding carboxylic acids is 1. The van der Waals surface area contributed by atoms with E-state index in [0.717, 1.165) is 0 Å². The lowest BCUT2D eigenvalue weighted by Crippen LogP contribution is -2.27. The minimum Gasteiger partial charge on any atom is -0.334 e. The quantitative estimate of drug-likeness (QED) is 0.895. The molecule has 0 aliphatic carbocycles. The third-order valence-corrected chi connectivity index (χ3v) is 2.50. The number of aromatic nitrogens is 3. The van der Waals surface area contributed by atoms with Gasteiger partial charge in [0.25, 0.3) is 5.91 Å². The predicted molar refractivity (Wildman–Crippen MR) is 63.3 cm³/mol. The molecule has 2 rings (SSSR count).